The van der Waals surface area contributed by atoms with Crippen molar-refractivity contribution < 1.29 is 4.79 Å². The molecular weight excluding hydrogens is 290 g/mol. The molecule has 0 N–H and O–H groups in total. The minimum Gasteiger partial charge on any atom is -0.335 e. The van der Waals surface area contributed by atoms with Gasteiger partial charge in [-0.2, -0.15) is 0 Å². The summed E-state index contributed by atoms with van der Waals surface area (Å²) in [4.78, 5) is 15.8. The number of carbonyl (C=O) groups is 1. The molecule has 1 aliphatic heterocycles. The average molecular weight is 306 g/mol. The molecule has 1 aromatic carbocycles. The molecule has 1 amide bonds. The fourth-order valence-corrected chi connectivity index (χ4v) is 3.85. The van der Waals surface area contributed by atoms with E-state index in [2.05, 4.69) is 17.5 Å². The van der Waals surface area contributed by atoms with Crippen LogP contribution in [0.25, 0.3) is 0 Å². The van der Waals surface area contributed by atoms with Gasteiger partial charge in [-0.05, 0) is 42.0 Å². The highest BCUT2D eigenvalue weighted by molar-refractivity contribution is 7.10. The van der Waals surface area contributed by atoms with Crippen molar-refractivity contribution in [2.75, 3.05) is 6.54 Å². The van der Waals surface area contributed by atoms with E-state index >= 15 is 0 Å². The van der Waals surface area contributed by atoms with Gasteiger partial charge in [0, 0.05) is 16.4 Å². The van der Waals surface area contributed by atoms with Gasteiger partial charge in [-0.25, -0.2) is 0 Å². The van der Waals surface area contributed by atoms with Crippen LogP contribution < -0.4 is 0 Å². The fraction of sp³-hybridized carbons (Fsp3) is 0.312. The Morgan fingerprint density at radius 2 is 2.25 bits per heavy atom. The molecule has 20 heavy (non-hydrogen) atoms. The number of carbonyl (C=O) groups excluding carboxylic acids is 1. The summed E-state index contributed by atoms with van der Waals surface area (Å²) in [6.45, 7) is 0.863. The third-order valence-electron chi connectivity index (χ3n) is 3.69. The molecule has 4 heteroatoms. The highest BCUT2D eigenvalue weighted by atomic mass is 35.5. The standard InChI is InChI=1S/C16H16ClNOS/c17-13-5-1-4-12(10-13)11-16(19)18-8-2-6-14(18)15-7-3-9-20-15/h1,3-5,7,9-10,14H,2,6,8,11H2/t14-/m0/s1. The lowest BCUT2D eigenvalue weighted by Gasteiger charge is -2.24. The zero-order valence-electron chi connectivity index (χ0n) is 11.1. The molecule has 1 aromatic heterocycles. The van der Waals surface area contributed by atoms with Gasteiger partial charge in [0.2, 0.25) is 5.91 Å². The molecule has 0 spiro atoms. The van der Waals surface area contributed by atoms with Crippen LogP contribution in [0.2, 0.25) is 5.02 Å². The number of hydrogen-bond donors (Lipinski definition) is 0. The third-order valence-corrected chi connectivity index (χ3v) is 4.90. The summed E-state index contributed by atoms with van der Waals surface area (Å²) in [5.74, 6) is 0.197. The SMILES string of the molecule is O=C(Cc1cccc(Cl)c1)N1CCC[C@H]1c1cccs1. The predicted molar refractivity (Wildman–Crippen MR) is 83.2 cm³/mol. The van der Waals surface area contributed by atoms with E-state index in [0.29, 0.717) is 11.4 Å². The number of halogens is 1. The van der Waals surface area contributed by atoms with Crippen LogP contribution in [0.4, 0.5) is 0 Å². The second-order valence-corrected chi connectivity index (χ2v) is 6.48. The minimum absolute atomic E-state index is 0.197. The molecule has 0 bridgehead atoms. The van der Waals surface area contributed by atoms with E-state index in [1.807, 2.05) is 29.2 Å². The lowest BCUT2D eigenvalue weighted by molar-refractivity contribution is -0.131. The molecule has 1 aliphatic rings. The molecule has 1 saturated heterocycles. The monoisotopic (exact) mass is 305 g/mol. The molecular formula is C16H16ClNOS. The maximum absolute atomic E-state index is 12.5. The van der Waals surface area contributed by atoms with E-state index in [1.54, 1.807) is 11.3 Å². The van der Waals surface area contributed by atoms with Gasteiger partial charge < -0.3 is 4.90 Å². The Morgan fingerprint density at radius 3 is 3.00 bits per heavy atom. The lowest BCUT2D eigenvalue weighted by atomic mass is 10.1. The number of thiophene rings is 1. The zero-order chi connectivity index (χ0) is 13.9. The summed E-state index contributed by atoms with van der Waals surface area (Å²) < 4.78 is 0. The van der Waals surface area contributed by atoms with Crippen LogP contribution in [0.5, 0.6) is 0 Å². The van der Waals surface area contributed by atoms with E-state index in [0.717, 1.165) is 24.9 Å². The van der Waals surface area contributed by atoms with Crippen LogP contribution in [0, 0.1) is 0 Å². The minimum atomic E-state index is 0.197. The van der Waals surface area contributed by atoms with Gasteiger partial charge in [0.15, 0.2) is 0 Å². The number of benzene rings is 1. The maximum Gasteiger partial charge on any atom is 0.227 e. The molecule has 1 fully saturated rings. The first-order chi connectivity index (χ1) is 9.74. The fourth-order valence-electron chi connectivity index (χ4n) is 2.76. The molecule has 0 unspecified atom stereocenters. The highest BCUT2D eigenvalue weighted by Gasteiger charge is 2.30. The number of nitrogens with zero attached hydrogens (tertiary/aromatic N) is 1. The third kappa shape index (κ3) is 2.89. The van der Waals surface area contributed by atoms with Gasteiger partial charge in [-0.15, -0.1) is 11.3 Å². The topological polar surface area (TPSA) is 20.3 Å². The summed E-state index contributed by atoms with van der Waals surface area (Å²) in [6, 6.07) is 12.0. The van der Waals surface area contributed by atoms with Crippen LogP contribution in [0.3, 0.4) is 0 Å². The average Bonchev–Trinajstić information content (AvgIpc) is 3.09. The van der Waals surface area contributed by atoms with E-state index in [1.165, 1.54) is 4.88 Å². The Labute approximate surface area is 128 Å². The molecule has 2 nitrogen and oxygen atoms in total. The Morgan fingerprint density at radius 1 is 1.35 bits per heavy atom. The van der Waals surface area contributed by atoms with Gasteiger partial charge in [0.1, 0.15) is 0 Å². The molecule has 2 aromatic rings. The van der Waals surface area contributed by atoms with Crippen LogP contribution >= 0.6 is 22.9 Å². The second-order valence-electron chi connectivity index (χ2n) is 5.07. The van der Waals surface area contributed by atoms with E-state index < -0.39 is 0 Å². The van der Waals surface area contributed by atoms with Crippen LogP contribution in [0.1, 0.15) is 29.3 Å². The quantitative estimate of drug-likeness (QED) is 0.827. The molecule has 0 radical (unpaired) electrons. The maximum atomic E-state index is 12.5. The normalized spacial score (nSPS) is 18.4. The molecule has 104 valence electrons. The Hall–Kier alpha value is -1.32. The molecule has 0 saturated carbocycles. The summed E-state index contributed by atoms with van der Waals surface area (Å²) in [6.07, 6.45) is 2.59. The molecule has 0 aliphatic carbocycles. The van der Waals surface area contributed by atoms with Crippen molar-refractivity contribution in [1.29, 1.82) is 0 Å². The van der Waals surface area contributed by atoms with E-state index in [-0.39, 0.29) is 11.9 Å². The van der Waals surface area contributed by atoms with Gasteiger partial charge in [-0.1, -0.05) is 29.8 Å². The molecule has 2 heterocycles. The van der Waals surface area contributed by atoms with Gasteiger partial charge >= 0.3 is 0 Å². The van der Waals surface area contributed by atoms with Crippen molar-refractivity contribution in [1.82, 2.24) is 4.90 Å². The number of likely N-dealkylation sites (tertiary alicyclic amines) is 1. The van der Waals surface area contributed by atoms with Crippen molar-refractivity contribution in [2.24, 2.45) is 0 Å². The van der Waals surface area contributed by atoms with Crippen molar-refractivity contribution in [3.8, 4) is 0 Å². The van der Waals surface area contributed by atoms with Crippen LogP contribution in [-0.2, 0) is 11.2 Å². The van der Waals surface area contributed by atoms with Gasteiger partial charge in [-0.3, -0.25) is 4.79 Å². The first-order valence-corrected chi connectivity index (χ1v) is 8.07. The highest BCUT2D eigenvalue weighted by Crippen LogP contribution is 2.34. The first-order valence-electron chi connectivity index (χ1n) is 6.81. The van der Waals surface area contributed by atoms with Crippen LogP contribution in [0.15, 0.2) is 41.8 Å². The lowest BCUT2D eigenvalue weighted by Crippen LogP contribution is -2.31. The Kier molecular flexibility index (Phi) is 4.08. The van der Waals surface area contributed by atoms with Gasteiger partial charge in [0.25, 0.3) is 0 Å². The van der Waals surface area contributed by atoms with Crippen molar-refractivity contribution in [3.63, 3.8) is 0 Å². The van der Waals surface area contributed by atoms with E-state index in [4.69, 9.17) is 11.6 Å². The summed E-state index contributed by atoms with van der Waals surface area (Å²) >= 11 is 7.71. The zero-order valence-corrected chi connectivity index (χ0v) is 12.7. The molecule has 3 rings (SSSR count). The Balaban J connectivity index is 1.73. The number of hydrogen-bond acceptors (Lipinski definition) is 2. The smallest absolute Gasteiger partial charge is 0.227 e. The first kappa shape index (κ1) is 13.7. The van der Waals surface area contributed by atoms with Crippen LogP contribution in [-0.4, -0.2) is 17.4 Å². The second kappa shape index (κ2) is 5.98. The summed E-state index contributed by atoms with van der Waals surface area (Å²) in [5.41, 5.74) is 0.985. The predicted octanol–water partition coefficient (Wildman–Crippen LogP) is 4.31. The Bertz CT molecular complexity index is 596. The molecule has 1 atom stereocenters. The summed E-state index contributed by atoms with van der Waals surface area (Å²) in [5, 5.41) is 2.76. The van der Waals surface area contributed by atoms with Crippen molar-refractivity contribution in [2.45, 2.75) is 25.3 Å². The summed E-state index contributed by atoms with van der Waals surface area (Å²) in [7, 11) is 0. The number of amides is 1. The van der Waals surface area contributed by atoms with Crippen molar-refractivity contribution in [3.05, 3.63) is 57.2 Å². The van der Waals surface area contributed by atoms with Gasteiger partial charge in [0.05, 0.1) is 12.5 Å². The number of rotatable bonds is 3. The van der Waals surface area contributed by atoms with E-state index in [9.17, 15) is 4.79 Å². The largest absolute Gasteiger partial charge is 0.335 e. The van der Waals surface area contributed by atoms with Crippen molar-refractivity contribution >= 4 is 28.8 Å².